The molecule has 0 atom stereocenters. The van der Waals surface area contributed by atoms with Gasteiger partial charge in [0.25, 0.3) is 0 Å². The molecular weight excluding hydrogens is 411 g/mol. The zero-order chi connectivity index (χ0) is 14.9. The van der Waals surface area contributed by atoms with Crippen LogP contribution in [0.25, 0.3) is 0 Å². The van der Waals surface area contributed by atoms with Gasteiger partial charge in [0.2, 0.25) is 0 Å². The number of nitrogen functional groups attached to an aromatic ring is 1. The van der Waals surface area contributed by atoms with Gasteiger partial charge < -0.3 is 11.1 Å². The van der Waals surface area contributed by atoms with Crippen LogP contribution in [0.1, 0.15) is 0 Å². The Balaban J connectivity index is 2.45. The lowest BCUT2D eigenvalue weighted by Crippen LogP contribution is -2.05. The normalized spacial score (nSPS) is 11.3. The highest BCUT2D eigenvalue weighted by Crippen LogP contribution is 2.32. The fourth-order valence-corrected chi connectivity index (χ4v) is 3.45. The summed E-state index contributed by atoms with van der Waals surface area (Å²) in [7, 11) is -3.36. The molecule has 4 nitrogen and oxygen atoms in total. The van der Waals surface area contributed by atoms with Crippen LogP contribution in [0.5, 0.6) is 0 Å². The average Bonchev–Trinajstić information content (AvgIpc) is 2.33. The first kappa shape index (κ1) is 15.4. The van der Waals surface area contributed by atoms with Crippen molar-refractivity contribution in [2.75, 3.05) is 17.3 Å². The van der Waals surface area contributed by atoms with E-state index in [1.54, 1.807) is 18.2 Å². The van der Waals surface area contributed by atoms with Crippen LogP contribution in [0.15, 0.2) is 41.3 Å². The first-order valence-electron chi connectivity index (χ1n) is 5.59. The topological polar surface area (TPSA) is 72.2 Å². The lowest BCUT2D eigenvalue weighted by atomic mass is 10.2. The first-order chi connectivity index (χ1) is 9.29. The van der Waals surface area contributed by atoms with Gasteiger partial charge in [0.05, 0.1) is 27.0 Å². The Morgan fingerprint density at radius 3 is 2.50 bits per heavy atom. The number of nitrogens with two attached hydrogens (primary N) is 1. The summed E-state index contributed by atoms with van der Waals surface area (Å²) >= 11 is 8.29. The maximum Gasteiger partial charge on any atom is 0.177 e. The van der Waals surface area contributed by atoms with Gasteiger partial charge in [0.1, 0.15) is 0 Å². The second-order valence-corrected chi connectivity index (χ2v) is 7.88. The number of hydrogen-bond acceptors (Lipinski definition) is 4. The second kappa shape index (κ2) is 5.79. The predicted octanol–water partition coefficient (Wildman–Crippen LogP) is 3.67. The first-order valence-corrected chi connectivity index (χ1v) is 8.94. The van der Waals surface area contributed by atoms with E-state index in [2.05, 4.69) is 27.9 Å². The Bertz CT molecular complexity index is 763. The van der Waals surface area contributed by atoms with Crippen LogP contribution < -0.4 is 11.1 Å². The van der Waals surface area contributed by atoms with E-state index in [9.17, 15) is 8.42 Å². The van der Waals surface area contributed by atoms with Gasteiger partial charge in [-0.15, -0.1) is 0 Å². The molecular formula is C13H12ClIN2O2S. The Labute approximate surface area is 136 Å². The van der Waals surface area contributed by atoms with E-state index in [4.69, 9.17) is 17.3 Å². The van der Waals surface area contributed by atoms with Crippen molar-refractivity contribution in [1.29, 1.82) is 0 Å². The molecule has 0 aliphatic rings. The summed E-state index contributed by atoms with van der Waals surface area (Å²) in [6, 6.07) is 10.3. The van der Waals surface area contributed by atoms with Crippen molar-refractivity contribution < 1.29 is 8.42 Å². The minimum Gasteiger partial charge on any atom is -0.396 e. The van der Waals surface area contributed by atoms with Gasteiger partial charge >= 0.3 is 0 Å². The minimum absolute atomic E-state index is 0.101. The summed E-state index contributed by atoms with van der Waals surface area (Å²) in [5.74, 6) is 0. The Hall–Kier alpha value is -0.990. The molecule has 2 aromatic rings. The van der Waals surface area contributed by atoms with Gasteiger partial charge in [-0.3, -0.25) is 0 Å². The molecule has 0 aliphatic heterocycles. The highest BCUT2D eigenvalue weighted by Gasteiger charge is 2.14. The number of nitrogens with one attached hydrogen (secondary N) is 1. The fraction of sp³-hybridized carbons (Fsp3) is 0.0769. The molecule has 0 saturated heterocycles. The van der Waals surface area contributed by atoms with Gasteiger partial charge in [-0.05, 0) is 52.9 Å². The van der Waals surface area contributed by atoms with E-state index < -0.39 is 9.84 Å². The van der Waals surface area contributed by atoms with E-state index in [0.717, 1.165) is 9.83 Å². The van der Waals surface area contributed by atoms with Crippen LogP contribution in [-0.4, -0.2) is 14.7 Å². The number of para-hydroxylation sites is 1. The van der Waals surface area contributed by atoms with Crippen LogP contribution in [0.3, 0.4) is 0 Å². The van der Waals surface area contributed by atoms with Crippen molar-refractivity contribution in [2.45, 2.75) is 4.90 Å². The number of rotatable bonds is 3. The summed E-state index contributed by atoms with van der Waals surface area (Å²) in [4.78, 5) is 0.101. The molecule has 0 amide bonds. The van der Waals surface area contributed by atoms with E-state index in [1.165, 1.54) is 6.07 Å². The van der Waals surface area contributed by atoms with Crippen molar-refractivity contribution in [1.82, 2.24) is 0 Å². The summed E-state index contributed by atoms with van der Waals surface area (Å²) in [6.07, 6.45) is 1.13. The van der Waals surface area contributed by atoms with Crippen molar-refractivity contribution in [3.8, 4) is 0 Å². The number of sulfone groups is 1. The van der Waals surface area contributed by atoms with Crippen LogP contribution in [0.2, 0.25) is 5.02 Å². The van der Waals surface area contributed by atoms with Gasteiger partial charge in [-0.25, -0.2) is 8.42 Å². The molecule has 0 heterocycles. The maximum absolute atomic E-state index is 11.6. The van der Waals surface area contributed by atoms with E-state index in [0.29, 0.717) is 16.4 Å². The molecule has 0 aliphatic carbocycles. The van der Waals surface area contributed by atoms with Crippen LogP contribution in [-0.2, 0) is 9.84 Å². The molecule has 2 aromatic carbocycles. The zero-order valence-electron chi connectivity index (χ0n) is 10.5. The third-order valence-corrected chi connectivity index (χ3v) is 4.80. The lowest BCUT2D eigenvalue weighted by molar-refractivity contribution is 0.602. The zero-order valence-corrected chi connectivity index (χ0v) is 14.3. The molecule has 3 N–H and O–H groups in total. The molecule has 106 valence electrons. The van der Waals surface area contributed by atoms with Crippen molar-refractivity contribution in [3.63, 3.8) is 0 Å². The van der Waals surface area contributed by atoms with Crippen LogP contribution >= 0.6 is 34.2 Å². The largest absolute Gasteiger partial charge is 0.396 e. The van der Waals surface area contributed by atoms with Gasteiger partial charge in [-0.1, -0.05) is 17.7 Å². The minimum atomic E-state index is -3.36. The van der Waals surface area contributed by atoms with E-state index >= 15 is 0 Å². The van der Waals surface area contributed by atoms with E-state index in [-0.39, 0.29) is 10.6 Å². The molecule has 7 heteroatoms. The number of benzene rings is 2. The quantitative estimate of drug-likeness (QED) is 0.585. The third-order valence-electron chi connectivity index (χ3n) is 2.67. The molecule has 20 heavy (non-hydrogen) atoms. The summed E-state index contributed by atoms with van der Waals surface area (Å²) < 4.78 is 24.3. The van der Waals surface area contributed by atoms with Crippen molar-refractivity contribution >= 4 is 61.1 Å². The number of hydrogen-bond donors (Lipinski definition) is 2. The third kappa shape index (κ3) is 3.36. The van der Waals surface area contributed by atoms with Gasteiger partial charge in [0, 0.05) is 9.83 Å². The molecule has 0 aromatic heterocycles. The number of anilines is 3. The van der Waals surface area contributed by atoms with Gasteiger partial charge in [0.15, 0.2) is 9.84 Å². The van der Waals surface area contributed by atoms with E-state index in [1.807, 2.05) is 12.1 Å². The number of halogens is 2. The van der Waals surface area contributed by atoms with Gasteiger partial charge in [-0.2, -0.15) is 0 Å². The average molecular weight is 423 g/mol. The SMILES string of the molecule is CS(=O)(=O)c1cccc(Nc2ccc(I)cc2Cl)c1N. The Morgan fingerprint density at radius 2 is 1.90 bits per heavy atom. The maximum atomic E-state index is 11.6. The van der Waals surface area contributed by atoms with Crippen LogP contribution in [0, 0.1) is 3.57 Å². The highest BCUT2D eigenvalue weighted by atomic mass is 127. The highest BCUT2D eigenvalue weighted by molar-refractivity contribution is 14.1. The molecule has 0 saturated carbocycles. The monoisotopic (exact) mass is 422 g/mol. The molecule has 0 unspecified atom stereocenters. The second-order valence-electron chi connectivity index (χ2n) is 4.24. The summed E-state index contributed by atoms with van der Waals surface area (Å²) in [6.45, 7) is 0. The van der Waals surface area contributed by atoms with Crippen molar-refractivity contribution in [2.24, 2.45) is 0 Å². The standard InChI is InChI=1S/C13H12ClIN2O2S/c1-20(18,19)12-4-2-3-11(13(12)16)17-10-6-5-8(15)7-9(10)14/h2-7,17H,16H2,1H3. The molecule has 0 bridgehead atoms. The van der Waals surface area contributed by atoms with Crippen molar-refractivity contribution in [3.05, 3.63) is 45.0 Å². The molecule has 0 spiro atoms. The Morgan fingerprint density at radius 1 is 1.20 bits per heavy atom. The lowest BCUT2D eigenvalue weighted by Gasteiger charge is -2.13. The summed E-state index contributed by atoms with van der Waals surface area (Å²) in [5.41, 5.74) is 7.28. The Kier molecular flexibility index (Phi) is 4.46. The summed E-state index contributed by atoms with van der Waals surface area (Å²) in [5, 5.41) is 3.60. The molecule has 2 rings (SSSR count). The molecule has 0 fully saturated rings. The predicted molar refractivity (Wildman–Crippen MR) is 91.4 cm³/mol. The smallest absolute Gasteiger partial charge is 0.177 e. The molecule has 0 radical (unpaired) electrons. The fourth-order valence-electron chi connectivity index (χ4n) is 1.71. The van der Waals surface area contributed by atoms with Crippen LogP contribution in [0.4, 0.5) is 17.1 Å².